The summed E-state index contributed by atoms with van der Waals surface area (Å²) >= 11 is 0. The highest BCUT2D eigenvalue weighted by molar-refractivity contribution is 7.85. The number of nitrogens with zero attached hydrogens (tertiary/aromatic N) is 1. The Labute approximate surface area is 142 Å². The minimum Gasteiger partial charge on any atom is -0.445 e. The first-order valence-corrected chi connectivity index (χ1v) is 9.48. The van der Waals surface area contributed by atoms with Crippen molar-refractivity contribution in [2.75, 3.05) is 26.5 Å². The molecule has 0 bridgehead atoms. The Morgan fingerprint density at radius 2 is 1.96 bits per heavy atom. The molecule has 24 heavy (non-hydrogen) atoms. The molecule has 0 radical (unpaired) electrons. The van der Waals surface area contributed by atoms with E-state index in [1.807, 2.05) is 37.3 Å². The minimum atomic E-state index is -3.58. The smallest absolute Gasteiger partial charge is 0.410 e. The lowest BCUT2D eigenvalue weighted by atomic mass is 10.0. The molecule has 1 saturated heterocycles. The molecular formula is C16H23NO6S. The van der Waals surface area contributed by atoms with Crippen molar-refractivity contribution in [2.24, 2.45) is 5.92 Å². The topological polar surface area (TPSA) is 82.1 Å². The van der Waals surface area contributed by atoms with E-state index in [-0.39, 0.29) is 25.2 Å². The molecule has 0 unspecified atom stereocenters. The van der Waals surface area contributed by atoms with Gasteiger partial charge in [0.05, 0.1) is 31.6 Å². The van der Waals surface area contributed by atoms with Gasteiger partial charge in [-0.3, -0.25) is 9.08 Å². The van der Waals surface area contributed by atoms with Gasteiger partial charge < -0.3 is 9.47 Å². The highest BCUT2D eigenvalue weighted by Crippen LogP contribution is 2.28. The molecule has 0 spiro atoms. The average molecular weight is 357 g/mol. The summed E-state index contributed by atoms with van der Waals surface area (Å²) in [6.45, 7) is 2.28. The van der Waals surface area contributed by atoms with E-state index in [1.165, 1.54) is 4.90 Å². The molecular weight excluding hydrogens is 334 g/mol. The summed E-state index contributed by atoms with van der Waals surface area (Å²) in [5.41, 5.74) is 0.880. The van der Waals surface area contributed by atoms with Gasteiger partial charge in [-0.1, -0.05) is 37.3 Å². The molecule has 0 aromatic heterocycles. The number of carbonyl (C=O) groups excluding carboxylic acids is 1. The fraction of sp³-hybridized carbons (Fsp3) is 0.562. The Kier molecular flexibility index (Phi) is 6.20. The largest absolute Gasteiger partial charge is 0.445 e. The Bertz CT molecular complexity index is 648. The molecule has 7 nitrogen and oxygen atoms in total. The Morgan fingerprint density at radius 3 is 2.54 bits per heavy atom. The second-order valence-electron chi connectivity index (χ2n) is 5.88. The molecule has 1 aromatic rings. The van der Waals surface area contributed by atoms with Gasteiger partial charge in [-0.15, -0.1) is 0 Å². The van der Waals surface area contributed by atoms with Gasteiger partial charge in [0.1, 0.15) is 6.61 Å². The van der Waals surface area contributed by atoms with Crippen molar-refractivity contribution in [1.29, 1.82) is 0 Å². The number of benzene rings is 1. The maximum atomic E-state index is 12.4. The first-order valence-electron chi connectivity index (χ1n) is 7.66. The molecule has 8 heteroatoms. The zero-order chi connectivity index (χ0) is 17.7. The summed E-state index contributed by atoms with van der Waals surface area (Å²) in [7, 11) is -2.02. The van der Waals surface area contributed by atoms with Crippen molar-refractivity contribution >= 4 is 16.2 Å². The van der Waals surface area contributed by atoms with Crippen LogP contribution in [0, 0.1) is 5.92 Å². The maximum absolute atomic E-state index is 12.4. The third-order valence-corrected chi connectivity index (χ3v) is 4.73. The highest BCUT2D eigenvalue weighted by Gasteiger charge is 2.43. The SMILES string of the molecule is CO[C@H]1CN(C(=O)OCc2ccccc2)[C@@H](COS(C)(=O)=O)[C@@H]1C. The molecule has 1 aliphatic heterocycles. The number of hydrogen-bond donors (Lipinski definition) is 0. The van der Waals surface area contributed by atoms with Crippen LogP contribution in [0.2, 0.25) is 0 Å². The molecule has 1 heterocycles. The lowest BCUT2D eigenvalue weighted by Gasteiger charge is -2.25. The predicted molar refractivity (Wildman–Crippen MR) is 87.9 cm³/mol. The van der Waals surface area contributed by atoms with E-state index in [0.717, 1.165) is 11.8 Å². The number of ether oxygens (including phenoxy) is 2. The standard InChI is InChI=1S/C16H23NO6S/c1-12-14(11-23-24(3,19)20)17(9-15(12)21-2)16(18)22-10-13-7-5-4-6-8-13/h4-8,12,14-15H,9-11H2,1-3H3/t12-,14-,15-/m0/s1. The molecule has 1 aliphatic rings. The van der Waals surface area contributed by atoms with E-state index in [1.54, 1.807) is 7.11 Å². The van der Waals surface area contributed by atoms with Gasteiger partial charge in [0.2, 0.25) is 0 Å². The first kappa shape index (κ1) is 18.7. The number of likely N-dealkylation sites (tertiary alicyclic amines) is 1. The normalized spacial score (nSPS) is 24.1. The van der Waals surface area contributed by atoms with Gasteiger partial charge in [-0.25, -0.2) is 4.79 Å². The number of carbonyl (C=O) groups is 1. The van der Waals surface area contributed by atoms with Crippen LogP contribution in [-0.2, 0) is 30.4 Å². The van der Waals surface area contributed by atoms with Crippen molar-refractivity contribution in [3.8, 4) is 0 Å². The van der Waals surface area contributed by atoms with Crippen LogP contribution in [0.5, 0.6) is 0 Å². The van der Waals surface area contributed by atoms with Crippen LogP contribution < -0.4 is 0 Å². The summed E-state index contributed by atoms with van der Waals surface area (Å²) in [6, 6.07) is 8.92. The van der Waals surface area contributed by atoms with Crippen molar-refractivity contribution in [3.05, 3.63) is 35.9 Å². The van der Waals surface area contributed by atoms with E-state index in [2.05, 4.69) is 0 Å². The van der Waals surface area contributed by atoms with Crippen LogP contribution >= 0.6 is 0 Å². The maximum Gasteiger partial charge on any atom is 0.410 e. The highest BCUT2D eigenvalue weighted by atomic mass is 32.2. The summed E-state index contributed by atoms with van der Waals surface area (Å²) in [6.07, 6.45) is 0.285. The van der Waals surface area contributed by atoms with Gasteiger partial charge >= 0.3 is 6.09 Å². The quantitative estimate of drug-likeness (QED) is 0.720. The van der Waals surface area contributed by atoms with Crippen molar-refractivity contribution in [2.45, 2.75) is 25.7 Å². The molecule has 0 saturated carbocycles. The predicted octanol–water partition coefficient (Wildman–Crippen LogP) is 1.63. The molecule has 1 aromatic carbocycles. The fourth-order valence-corrected chi connectivity index (χ4v) is 3.15. The Balaban J connectivity index is 2.02. The van der Waals surface area contributed by atoms with Crippen LogP contribution in [0.1, 0.15) is 12.5 Å². The van der Waals surface area contributed by atoms with Crippen LogP contribution in [0.3, 0.4) is 0 Å². The van der Waals surface area contributed by atoms with E-state index < -0.39 is 22.3 Å². The zero-order valence-electron chi connectivity index (χ0n) is 14.0. The summed E-state index contributed by atoms with van der Waals surface area (Å²) in [5, 5.41) is 0. The van der Waals surface area contributed by atoms with E-state index in [9.17, 15) is 13.2 Å². The van der Waals surface area contributed by atoms with E-state index in [0.29, 0.717) is 6.54 Å². The lowest BCUT2D eigenvalue weighted by molar-refractivity contribution is 0.0748. The monoisotopic (exact) mass is 357 g/mol. The Hall–Kier alpha value is -1.64. The minimum absolute atomic E-state index is 0.0685. The molecule has 0 N–H and O–H groups in total. The number of amides is 1. The first-order chi connectivity index (χ1) is 11.3. The fourth-order valence-electron chi connectivity index (χ4n) is 2.76. The molecule has 1 fully saturated rings. The van der Waals surface area contributed by atoms with Gasteiger partial charge in [0.15, 0.2) is 0 Å². The van der Waals surface area contributed by atoms with E-state index >= 15 is 0 Å². The number of rotatable bonds is 6. The van der Waals surface area contributed by atoms with Crippen LogP contribution in [0.15, 0.2) is 30.3 Å². The van der Waals surface area contributed by atoms with Crippen LogP contribution in [-0.4, -0.2) is 58.1 Å². The summed E-state index contributed by atoms with van der Waals surface area (Å²) < 4.78 is 38.1. The average Bonchev–Trinajstić information content (AvgIpc) is 2.87. The third-order valence-electron chi connectivity index (χ3n) is 4.17. The van der Waals surface area contributed by atoms with Crippen molar-refractivity contribution < 1.29 is 26.9 Å². The number of methoxy groups -OCH3 is 1. The van der Waals surface area contributed by atoms with E-state index in [4.69, 9.17) is 13.7 Å². The molecule has 1 amide bonds. The summed E-state index contributed by atoms with van der Waals surface area (Å²) in [4.78, 5) is 13.9. The van der Waals surface area contributed by atoms with Gasteiger partial charge in [0, 0.05) is 13.0 Å². The van der Waals surface area contributed by atoms with Crippen molar-refractivity contribution in [1.82, 2.24) is 4.90 Å². The van der Waals surface area contributed by atoms with Gasteiger partial charge in [-0.2, -0.15) is 8.42 Å². The Morgan fingerprint density at radius 1 is 1.29 bits per heavy atom. The second kappa shape index (κ2) is 7.96. The van der Waals surface area contributed by atoms with Gasteiger partial charge in [0.25, 0.3) is 10.1 Å². The number of hydrogen-bond acceptors (Lipinski definition) is 6. The molecule has 2 rings (SSSR count). The van der Waals surface area contributed by atoms with Gasteiger partial charge in [-0.05, 0) is 5.56 Å². The zero-order valence-corrected chi connectivity index (χ0v) is 14.9. The van der Waals surface area contributed by atoms with Crippen LogP contribution in [0.25, 0.3) is 0 Å². The molecule has 0 aliphatic carbocycles. The third kappa shape index (κ3) is 4.93. The lowest BCUT2D eigenvalue weighted by Crippen LogP contribution is -2.41. The molecule has 134 valence electrons. The van der Waals surface area contributed by atoms with Crippen LogP contribution in [0.4, 0.5) is 4.79 Å². The molecule has 3 atom stereocenters. The second-order valence-corrected chi connectivity index (χ2v) is 7.53. The van der Waals surface area contributed by atoms with Crippen molar-refractivity contribution in [3.63, 3.8) is 0 Å². The summed E-state index contributed by atoms with van der Waals surface area (Å²) in [5.74, 6) is -0.0685.